The van der Waals surface area contributed by atoms with Crippen molar-refractivity contribution < 1.29 is 14.3 Å². The van der Waals surface area contributed by atoms with E-state index in [4.69, 9.17) is 9.47 Å². The molecule has 2 saturated heterocycles. The SMILES string of the molecule is CCCCCCS[C@H]1CC(=O)[C@@H]2OC[C@H]1O2. The van der Waals surface area contributed by atoms with Gasteiger partial charge in [0.25, 0.3) is 0 Å². The summed E-state index contributed by atoms with van der Waals surface area (Å²) in [4.78, 5) is 11.5. The van der Waals surface area contributed by atoms with Gasteiger partial charge in [-0.2, -0.15) is 11.8 Å². The van der Waals surface area contributed by atoms with Gasteiger partial charge >= 0.3 is 0 Å². The second kappa shape index (κ2) is 6.03. The van der Waals surface area contributed by atoms with Crippen molar-refractivity contribution in [2.75, 3.05) is 12.4 Å². The maximum Gasteiger partial charge on any atom is 0.218 e. The van der Waals surface area contributed by atoms with Crippen LogP contribution in [-0.4, -0.2) is 35.8 Å². The van der Waals surface area contributed by atoms with Crippen LogP contribution in [0.2, 0.25) is 0 Å². The Labute approximate surface area is 101 Å². The minimum atomic E-state index is -0.540. The van der Waals surface area contributed by atoms with Crippen molar-refractivity contribution in [3.63, 3.8) is 0 Å². The van der Waals surface area contributed by atoms with Gasteiger partial charge in [-0.05, 0) is 12.2 Å². The molecule has 3 atom stereocenters. The second-order valence-electron chi connectivity index (χ2n) is 4.48. The number of ketones is 1. The molecule has 2 rings (SSSR count). The normalized spacial score (nSPS) is 33.3. The predicted molar refractivity (Wildman–Crippen MR) is 64.6 cm³/mol. The molecule has 2 aliphatic rings. The van der Waals surface area contributed by atoms with Crippen LogP contribution in [0.3, 0.4) is 0 Å². The molecule has 0 radical (unpaired) electrons. The number of Topliss-reactive ketones (excluding diaryl/α,β-unsaturated/α-hetero) is 1. The van der Waals surface area contributed by atoms with Crippen LogP contribution >= 0.6 is 11.8 Å². The Morgan fingerprint density at radius 2 is 2.25 bits per heavy atom. The van der Waals surface area contributed by atoms with Gasteiger partial charge in [-0.25, -0.2) is 0 Å². The number of carbonyl (C=O) groups excluding carboxylic acids is 1. The van der Waals surface area contributed by atoms with E-state index in [1.54, 1.807) is 0 Å². The molecule has 0 spiro atoms. The summed E-state index contributed by atoms with van der Waals surface area (Å²) in [5, 5.41) is 0.327. The number of ether oxygens (including phenoxy) is 2. The Morgan fingerprint density at radius 1 is 1.38 bits per heavy atom. The zero-order valence-corrected chi connectivity index (χ0v) is 10.6. The van der Waals surface area contributed by atoms with Gasteiger partial charge in [0.2, 0.25) is 6.29 Å². The molecule has 92 valence electrons. The molecule has 2 aliphatic heterocycles. The van der Waals surface area contributed by atoms with Crippen molar-refractivity contribution in [3.05, 3.63) is 0 Å². The summed E-state index contributed by atoms with van der Waals surface area (Å²) in [6, 6.07) is 0. The van der Waals surface area contributed by atoms with Crippen LogP contribution in [0.1, 0.15) is 39.0 Å². The van der Waals surface area contributed by atoms with E-state index in [9.17, 15) is 4.79 Å². The maximum atomic E-state index is 11.5. The Morgan fingerprint density at radius 3 is 3.06 bits per heavy atom. The number of hydrogen-bond donors (Lipinski definition) is 0. The molecule has 0 aromatic rings. The summed E-state index contributed by atoms with van der Waals surface area (Å²) < 4.78 is 10.8. The van der Waals surface area contributed by atoms with E-state index in [2.05, 4.69) is 6.92 Å². The second-order valence-corrected chi connectivity index (χ2v) is 5.83. The van der Waals surface area contributed by atoms with Gasteiger partial charge < -0.3 is 9.47 Å². The number of carbonyl (C=O) groups is 1. The van der Waals surface area contributed by atoms with Crippen molar-refractivity contribution in [2.24, 2.45) is 0 Å². The first-order valence-electron chi connectivity index (χ1n) is 6.22. The van der Waals surface area contributed by atoms with E-state index in [1.807, 2.05) is 11.8 Å². The Kier molecular flexibility index (Phi) is 4.67. The molecule has 0 amide bonds. The molecule has 0 aromatic heterocycles. The highest BCUT2D eigenvalue weighted by Gasteiger charge is 2.43. The van der Waals surface area contributed by atoms with Crippen molar-refractivity contribution >= 4 is 17.5 Å². The van der Waals surface area contributed by atoms with E-state index in [0.29, 0.717) is 18.3 Å². The topological polar surface area (TPSA) is 35.5 Å². The molecule has 0 N–H and O–H groups in total. The van der Waals surface area contributed by atoms with E-state index < -0.39 is 6.29 Å². The smallest absolute Gasteiger partial charge is 0.218 e. The minimum absolute atomic E-state index is 0.125. The van der Waals surface area contributed by atoms with Crippen LogP contribution < -0.4 is 0 Å². The van der Waals surface area contributed by atoms with Crippen LogP contribution in [0, 0.1) is 0 Å². The number of unbranched alkanes of at least 4 members (excludes halogenated alkanes) is 3. The third-order valence-electron chi connectivity index (χ3n) is 3.12. The molecule has 16 heavy (non-hydrogen) atoms. The molecular weight excluding hydrogens is 224 g/mol. The van der Waals surface area contributed by atoms with Crippen molar-refractivity contribution in [1.29, 1.82) is 0 Å². The van der Waals surface area contributed by atoms with Crippen LogP contribution in [0.4, 0.5) is 0 Å². The first-order valence-corrected chi connectivity index (χ1v) is 7.27. The lowest BCUT2D eigenvalue weighted by molar-refractivity contribution is -0.151. The number of hydrogen-bond acceptors (Lipinski definition) is 4. The first kappa shape index (κ1) is 12.4. The van der Waals surface area contributed by atoms with Crippen LogP contribution in [-0.2, 0) is 14.3 Å². The van der Waals surface area contributed by atoms with Crippen LogP contribution in [0.15, 0.2) is 0 Å². The van der Waals surface area contributed by atoms with E-state index in [0.717, 1.165) is 5.75 Å². The fraction of sp³-hybridized carbons (Fsp3) is 0.917. The predicted octanol–water partition coefficient (Wildman–Crippen LogP) is 2.38. The van der Waals surface area contributed by atoms with E-state index in [1.165, 1.54) is 25.7 Å². The zero-order valence-electron chi connectivity index (χ0n) is 9.81. The molecular formula is C12H20O3S. The Hall–Kier alpha value is -0.0600. The van der Waals surface area contributed by atoms with Crippen molar-refractivity contribution in [1.82, 2.24) is 0 Å². The fourth-order valence-electron chi connectivity index (χ4n) is 2.14. The Bertz CT molecular complexity index is 244. The van der Waals surface area contributed by atoms with Gasteiger partial charge in [-0.1, -0.05) is 26.2 Å². The summed E-state index contributed by atoms with van der Waals surface area (Å²) in [6.07, 6.45) is 5.38. The molecule has 2 bridgehead atoms. The zero-order chi connectivity index (χ0) is 11.4. The minimum Gasteiger partial charge on any atom is -0.343 e. The summed E-state index contributed by atoms with van der Waals surface area (Å²) in [7, 11) is 0. The molecule has 0 unspecified atom stereocenters. The molecule has 0 aromatic carbocycles. The van der Waals surface area contributed by atoms with Gasteiger partial charge in [0.1, 0.15) is 0 Å². The van der Waals surface area contributed by atoms with Crippen LogP contribution in [0.25, 0.3) is 0 Å². The largest absolute Gasteiger partial charge is 0.343 e. The lowest BCUT2D eigenvalue weighted by Crippen LogP contribution is -2.37. The first-order chi connectivity index (χ1) is 7.81. The van der Waals surface area contributed by atoms with Gasteiger partial charge in [0.05, 0.1) is 12.7 Å². The lowest BCUT2D eigenvalue weighted by Gasteiger charge is -2.25. The molecule has 0 saturated carbocycles. The van der Waals surface area contributed by atoms with Crippen LogP contribution in [0.5, 0.6) is 0 Å². The summed E-state index contributed by atoms with van der Waals surface area (Å²) >= 11 is 1.89. The number of fused-ring (bicyclic) bond motifs is 2. The van der Waals surface area contributed by atoms with Crippen molar-refractivity contribution in [2.45, 2.75) is 56.7 Å². The quantitative estimate of drug-likeness (QED) is 0.672. The highest BCUT2D eigenvalue weighted by atomic mass is 32.2. The standard InChI is InChI=1S/C12H20O3S/c1-2-3-4-5-6-16-11-7-9(13)12-14-8-10(11)15-12/h10-12H,2-8H2,1H3/t10-,11+,12-/m1/s1. The highest BCUT2D eigenvalue weighted by Crippen LogP contribution is 2.32. The molecule has 2 fully saturated rings. The molecule has 4 heteroatoms. The summed E-state index contributed by atoms with van der Waals surface area (Å²) in [6.45, 7) is 2.82. The third kappa shape index (κ3) is 2.99. The molecule has 0 aliphatic carbocycles. The Balaban J connectivity index is 1.67. The van der Waals surface area contributed by atoms with E-state index in [-0.39, 0.29) is 11.9 Å². The monoisotopic (exact) mass is 244 g/mol. The van der Waals surface area contributed by atoms with Gasteiger partial charge in [-0.15, -0.1) is 0 Å². The molecule has 3 nitrogen and oxygen atoms in total. The highest BCUT2D eigenvalue weighted by molar-refractivity contribution is 7.99. The number of rotatable bonds is 6. The third-order valence-corrected chi connectivity index (χ3v) is 4.54. The van der Waals surface area contributed by atoms with Gasteiger partial charge in [0, 0.05) is 11.7 Å². The van der Waals surface area contributed by atoms with Gasteiger partial charge in [-0.3, -0.25) is 4.79 Å². The summed E-state index contributed by atoms with van der Waals surface area (Å²) in [5.74, 6) is 1.27. The maximum absolute atomic E-state index is 11.5. The molecule has 2 heterocycles. The summed E-state index contributed by atoms with van der Waals surface area (Å²) in [5.41, 5.74) is 0. The number of thioether (sulfide) groups is 1. The van der Waals surface area contributed by atoms with Crippen molar-refractivity contribution in [3.8, 4) is 0 Å². The lowest BCUT2D eigenvalue weighted by atomic mass is 10.1. The fourth-order valence-corrected chi connectivity index (χ4v) is 3.45. The van der Waals surface area contributed by atoms with E-state index >= 15 is 0 Å². The van der Waals surface area contributed by atoms with Gasteiger partial charge in [0.15, 0.2) is 5.78 Å². The average molecular weight is 244 g/mol. The average Bonchev–Trinajstić information content (AvgIpc) is 2.71.